The number of benzene rings is 1. The molecule has 4 nitrogen and oxygen atoms in total. The number of hydrogen-bond acceptors (Lipinski definition) is 2. The number of nitrogens with one attached hydrogen (secondary N) is 1. The maximum atomic E-state index is 12.7. The van der Waals surface area contributed by atoms with Gasteiger partial charge in [0.15, 0.2) is 0 Å². The molecule has 1 aromatic heterocycles. The number of aromatic nitrogens is 2. The van der Waals surface area contributed by atoms with Crippen LogP contribution in [0, 0.1) is 12.8 Å². The van der Waals surface area contributed by atoms with Gasteiger partial charge in [0.05, 0.1) is 10.2 Å². The Morgan fingerprint density at radius 1 is 1.29 bits per heavy atom. The Balaban J connectivity index is 2.13. The molecule has 2 rings (SSSR count). The number of carbonyl (C=O) groups excluding carboxylic acids is 1. The van der Waals surface area contributed by atoms with Gasteiger partial charge in [-0.05, 0) is 47.7 Å². The third-order valence-corrected chi connectivity index (χ3v) is 5.05. The van der Waals surface area contributed by atoms with Crippen molar-refractivity contribution in [3.63, 3.8) is 0 Å². The first kappa shape index (κ1) is 18.7. The van der Waals surface area contributed by atoms with E-state index in [-0.39, 0.29) is 5.91 Å². The molecule has 130 valence electrons. The van der Waals surface area contributed by atoms with Gasteiger partial charge in [0.1, 0.15) is 5.69 Å². The Morgan fingerprint density at radius 3 is 2.54 bits per heavy atom. The van der Waals surface area contributed by atoms with E-state index in [4.69, 9.17) is 0 Å². The van der Waals surface area contributed by atoms with Crippen LogP contribution in [0.3, 0.4) is 0 Å². The number of amides is 1. The molecule has 24 heavy (non-hydrogen) atoms. The fraction of sp³-hybridized carbons (Fsp3) is 0.474. The maximum absolute atomic E-state index is 12.7. The van der Waals surface area contributed by atoms with Gasteiger partial charge in [-0.2, -0.15) is 5.10 Å². The molecular weight excluding hydrogens is 366 g/mol. The maximum Gasteiger partial charge on any atom is 0.270 e. The van der Waals surface area contributed by atoms with E-state index >= 15 is 0 Å². The van der Waals surface area contributed by atoms with Crippen LogP contribution < -0.4 is 5.32 Å². The van der Waals surface area contributed by atoms with Crippen LogP contribution in [0.2, 0.25) is 0 Å². The summed E-state index contributed by atoms with van der Waals surface area (Å²) in [6.45, 7) is 9.61. The van der Waals surface area contributed by atoms with Crippen LogP contribution in [0.25, 0.3) is 0 Å². The highest BCUT2D eigenvalue weighted by molar-refractivity contribution is 9.10. The first-order valence-corrected chi connectivity index (χ1v) is 9.29. The lowest BCUT2D eigenvalue weighted by Crippen LogP contribution is -2.31. The molecule has 1 amide bonds. The van der Waals surface area contributed by atoms with Crippen LogP contribution in [0.15, 0.2) is 34.8 Å². The van der Waals surface area contributed by atoms with Crippen LogP contribution in [-0.4, -0.2) is 22.2 Å². The van der Waals surface area contributed by atoms with E-state index in [1.807, 2.05) is 19.9 Å². The Morgan fingerprint density at radius 2 is 1.96 bits per heavy atom. The Kier molecular flexibility index (Phi) is 6.60. The van der Waals surface area contributed by atoms with Crippen LogP contribution in [-0.2, 0) is 6.54 Å². The molecular formula is C19H26BrN3O. The van der Waals surface area contributed by atoms with Crippen molar-refractivity contribution in [1.82, 2.24) is 15.1 Å². The zero-order chi connectivity index (χ0) is 17.7. The summed E-state index contributed by atoms with van der Waals surface area (Å²) in [5.41, 5.74) is 2.71. The van der Waals surface area contributed by atoms with E-state index in [1.54, 1.807) is 4.68 Å². The molecule has 1 atom stereocenters. The summed E-state index contributed by atoms with van der Waals surface area (Å²) in [6, 6.07) is 10.4. The van der Waals surface area contributed by atoms with Crippen molar-refractivity contribution >= 4 is 21.8 Å². The minimum atomic E-state index is -0.0750. The summed E-state index contributed by atoms with van der Waals surface area (Å²) in [4.78, 5) is 12.7. The molecule has 0 fully saturated rings. The van der Waals surface area contributed by atoms with Gasteiger partial charge >= 0.3 is 0 Å². The fourth-order valence-corrected chi connectivity index (χ4v) is 3.40. The molecule has 0 saturated carbocycles. The van der Waals surface area contributed by atoms with Crippen molar-refractivity contribution in [1.29, 1.82) is 0 Å². The Labute approximate surface area is 152 Å². The van der Waals surface area contributed by atoms with E-state index in [0.717, 1.165) is 16.6 Å². The molecule has 1 unspecified atom stereocenters. The molecule has 2 aromatic rings. The second-order valence-electron chi connectivity index (χ2n) is 6.51. The van der Waals surface area contributed by atoms with Gasteiger partial charge in [-0.25, -0.2) is 0 Å². The first-order valence-electron chi connectivity index (χ1n) is 8.50. The highest BCUT2D eigenvalue weighted by atomic mass is 79.9. The molecule has 5 heteroatoms. The van der Waals surface area contributed by atoms with Crippen LogP contribution in [0.5, 0.6) is 0 Å². The quantitative estimate of drug-likeness (QED) is 0.753. The molecule has 0 saturated heterocycles. The number of aryl methyl sites for hydroxylation is 2. The molecule has 0 aliphatic carbocycles. The van der Waals surface area contributed by atoms with Crippen LogP contribution in [0.1, 0.15) is 54.9 Å². The van der Waals surface area contributed by atoms with Crippen molar-refractivity contribution in [3.8, 4) is 0 Å². The second kappa shape index (κ2) is 8.47. The summed E-state index contributed by atoms with van der Waals surface area (Å²) >= 11 is 3.49. The lowest BCUT2D eigenvalue weighted by molar-refractivity contribution is 0.0938. The fourth-order valence-electron chi connectivity index (χ4n) is 2.94. The van der Waals surface area contributed by atoms with Crippen molar-refractivity contribution in [3.05, 3.63) is 51.8 Å². The standard InChI is InChI=1S/C19H26BrN3O/c1-5-23-18(17(20)14(4)22-23)19(24)21-12-16(11-13(2)3)15-9-7-6-8-10-15/h6-10,13,16H,5,11-12H2,1-4H3,(H,21,24). The van der Waals surface area contributed by atoms with Gasteiger partial charge in [0.2, 0.25) is 0 Å². The summed E-state index contributed by atoms with van der Waals surface area (Å²) in [5.74, 6) is 0.810. The van der Waals surface area contributed by atoms with E-state index in [9.17, 15) is 4.79 Å². The second-order valence-corrected chi connectivity index (χ2v) is 7.30. The summed E-state index contributed by atoms with van der Waals surface area (Å²) < 4.78 is 2.52. The molecule has 0 aliphatic heterocycles. The van der Waals surface area contributed by atoms with Crippen LogP contribution >= 0.6 is 15.9 Å². The van der Waals surface area contributed by atoms with Crippen molar-refractivity contribution in [2.45, 2.75) is 46.6 Å². The zero-order valence-corrected chi connectivity index (χ0v) is 16.4. The number of halogens is 1. The van der Waals surface area contributed by atoms with Gasteiger partial charge in [0.25, 0.3) is 5.91 Å². The van der Waals surface area contributed by atoms with Gasteiger partial charge in [-0.15, -0.1) is 0 Å². The Bertz CT molecular complexity index is 679. The third-order valence-electron chi connectivity index (χ3n) is 4.10. The minimum absolute atomic E-state index is 0.0750. The zero-order valence-electron chi connectivity index (χ0n) is 14.8. The van der Waals surface area contributed by atoms with E-state index in [2.05, 4.69) is 64.5 Å². The number of nitrogens with zero attached hydrogens (tertiary/aromatic N) is 2. The number of hydrogen-bond donors (Lipinski definition) is 1. The highest BCUT2D eigenvalue weighted by Crippen LogP contribution is 2.24. The topological polar surface area (TPSA) is 46.9 Å². The average Bonchev–Trinajstić information content (AvgIpc) is 2.86. The molecule has 1 heterocycles. The Hall–Kier alpha value is -1.62. The number of carbonyl (C=O) groups is 1. The molecule has 0 radical (unpaired) electrons. The predicted octanol–water partition coefficient (Wildman–Crippen LogP) is 4.53. The summed E-state index contributed by atoms with van der Waals surface area (Å²) in [5, 5.41) is 7.49. The van der Waals surface area contributed by atoms with Gasteiger partial charge in [-0.3, -0.25) is 9.48 Å². The summed E-state index contributed by atoms with van der Waals surface area (Å²) in [6.07, 6.45) is 1.04. The molecule has 1 aromatic carbocycles. The molecule has 0 aliphatic rings. The molecule has 1 N–H and O–H groups in total. The largest absolute Gasteiger partial charge is 0.350 e. The van der Waals surface area contributed by atoms with Gasteiger partial charge in [-0.1, -0.05) is 44.2 Å². The van der Waals surface area contributed by atoms with E-state index < -0.39 is 0 Å². The minimum Gasteiger partial charge on any atom is -0.350 e. The van der Waals surface area contributed by atoms with Crippen molar-refractivity contribution in [2.75, 3.05) is 6.54 Å². The smallest absolute Gasteiger partial charge is 0.270 e. The van der Waals surface area contributed by atoms with Crippen molar-refractivity contribution < 1.29 is 4.79 Å². The van der Waals surface area contributed by atoms with Crippen LogP contribution in [0.4, 0.5) is 0 Å². The third kappa shape index (κ3) is 4.47. The number of rotatable bonds is 7. The lowest BCUT2D eigenvalue weighted by Gasteiger charge is -2.20. The monoisotopic (exact) mass is 391 g/mol. The SMILES string of the molecule is CCn1nc(C)c(Br)c1C(=O)NCC(CC(C)C)c1ccccc1. The highest BCUT2D eigenvalue weighted by Gasteiger charge is 2.21. The predicted molar refractivity (Wildman–Crippen MR) is 101 cm³/mol. The van der Waals surface area contributed by atoms with Crippen molar-refractivity contribution in [2.24, 2.45) is 5.92 Å². The van der Waals surface area contributed by atoms with Gasteiger partial charge in [0, 0.05) is 19.0 Å². The lowest BCUT2D eigenvalue weighted by atomic mass is 9.90. The first-order chi connectivity index (χ1) is 11.4. The molecule has 0 bridgehead atoms. The molecule has 0 spiro atoms. The summed E-state index contributed by atoms with van der Waals surface area (Å²) in [7, 11) is 0. The normalized spacial score (nSPS) is 12.4. The van der Waals surface area contributed by atoms with Gasteiger partial charge < -0.3 is 5.32 Å². The van der Waals surface area contributed by atoms with E-state index in [1.165, 1.54) is 5.56 Å². The average molecular weight is 392 g/mol. The van der Waals surface area contributed by atoms with E-state index in [0.29, 0.717) is 30.6 Å².